The van der Waals surface area contributed by atoms with Gasteiger partial charge < -0.3 is 10.4 Å². The number of rotatable bonds is 4. The summed E-state index contributed by atoms with van der Waals surface area (Å²) in [4.78, 5) is 21.4. The summed E-state index contributed by atoms with van der Waals surface area (Å²) in [5.74, 6) is -1.09. The van der Waals surface area contributed by atoms with Gasteiger partial charge in [0.25, 0.3) is 5.69 Å². The number of benzene rings is 2. The zero-order valence-electron chi connectivity index (χ0n) is 11.0. The van der Waals surface area contributed by atoms with E-state index in [-0.39, 0.29) is 16.3 Å². The lowest BCUT2D eigenvalue weighted by Crippen LogP contribution is -2.01. The molecule has 2 N–H and O–H groups in total. The molecule has 0 heterocycles. The van der Waals surface area contributed by atoms with E-state index in [9.17, 15) is 14.9 Å². The van der Waals surface area contributed by atoms with Crippen molar-refractivity contribution in [2.75, 3.05) is 5.32 Å². The highest BCUT2D eigenvalue weighted by molar-refractivity contribution is 6.33. The summed E-state index contributed by atoms with van der Waals surface area (Å²) in [5.41, 5.74) is 1.38. The van der Waals surface area contributed by atoms with E-state index >= 15 is 0 Å². The van der Waals surface area contributed by atoms with Gasteiger partial charge in [-0.3, -0.25) is 10.1 Å². The van der Waals surface area contributed by atoms with Gasteiger partial charge in [0, 0.05) is 6.07 Å². The number of para-hydroxylation sites is 1. The van der Waals surface area contributed by atoms with Crippen molar-refractivity contribution in [2.45, 2.75) is 6.92 Å². The van der Waals surface area contributed by atoms with Gasteiger partial charge in [0.1, 0.15) is 5.69 Å². The van der Waals surface area contributed by atoms with Crippen molar-refractivity contribution in [3.05, 3.63) is 62.7 Å². The fourth-order valence-corrected chi connectivity index (χ4v) is 2.08. The average molecular weight is 307 g/mol. The Morgan fingerprint density at radius 2 is 2.05 bits per heavy atom. The predicted octanol–water partition coefficient (Wildman–Crippen LogP) is 4.00. The molecule has 0 bridgehead atoms. The number of nitrogens with zero attached hydrogens (tertiary/aromatic N) is 1. The molecule has 0 aliphatic rings. The molecule has 0 aromatic heterocycles. The summed E-state index contributed by atoms with van der Waals surface area (Å²) in [7, 11) is 0. The Hall–Kier alpha value is -2.60. The zero-order chi connectivity index (χ0) is 15.6. The highest BCUT2D eigenvalue weighted by Crippen LogP contribution is 2.33. The first-order chi connectivity index (χ1) is 9.90. The highest BCUT2D eigenvalue weighted by Gasteiger charge is 2.17. The fourth-order valence-electron chi connectivity index (χ4n) is 1.85. The predicted molar refractivity (Wildman–Crippen MR) is 79.5 cm³/mol. The Bertz CT molecular complexity index is 731. The van der Waals surface area contributed by atoms with E-state index < -0.39 is 10.9 Å². The normalized spacial score (nSPS) is 10.2. The van der Waals surface area contributed by atoms with Gasteiger partial charge in [0.05, 0.1) is 21.2 Å². The van der Waals surface area contributed by atoms with Crippen LogP contribution in [0.15, 0.2) is 36.4 Å². The summed E-state index contributed by atoms with van der Waals surface area (Å²) in [5, 5.41) is 23.0. The highest BCUT2D eigenvalue weighted by atomic mass is 35.5. The molecule has 0 aliphatic heterocycles. The minimum atomic E-state index is -1.09. The van der Waals surface area contributed by atoms with Crippen LogP contribution in [0.4, 0.5) is 17.1 Å². The standard InChI is InChI=1S/C14H11ClN2O4/c1-8-3-2-4-12(17(20)21)13(8)16-11-6-5-9(14(18)19)7-10(11)15/h2-7,16H,1H3,(H,18,19). The van der Waals surface area contributed by atoms with Crippen LogP contribution in [0.3, 0.4) is 0 Å². The van der Waals surface area contributed by atoms with Gasteiger partial charge in [-0.25, -0.2) is 4.79 Å². The quantitative estimate of drug-likeness (QED) is 0.658. The SMILES string of the molecule is Cc1cccc([N+](=O)[O-])c1Nc1ccc(C(=O)O)cc1Cl. The summed E-state index contributed by atoms with van der Waals surface area (Å²) in [6.45, 7) is 1.73. The van der Waals surface area contributed by atoms with Crippen LogP contribution < -0.4 is 5.32 Å². The number of aryl methyl sites for hydroxylation is 1. The third-order valence-corrected chi connectivity index (χ3v) is 3.24. The lowest BCUT2D eigenvalue weighted by atomic mass is 10.1. The summed E-state index contributed by atoms with van der Waals surface area (Å²) >= 11 is 6.01. The number of carboxylic acids is 1. The van der Waals surface area contributed by atoms with Crippen LogP contribution in [-0.4, -0.2) is 16.0 Å². The number of hydrogen-bond donors (Lipinski definition) is 2. The van der Waals surface area contributed by atoms with Crippen molar-refractivity contribution in [1.29, 1.82) is 0 Å². The molecule has 0 radical (unpaired) electrons. The molecule has 21 heavy (non-hydrogen) atoms. The number of aromatic carboxylic acids is 1. The fraction of sp³-hybridized carbons (Fsp3) is 0.0714. The third-order valence-electron chi connectivity index (χ3n) is 2.92. The van der Waals surface area contributed by atoms with E-state index in [0.29, 0.717) is 16.9 Å². The number of halogens is 1. The second-order valence-electron chi connectivity index (χ2n) is 4.35. The van der Waals surface area contributed by atoms with E-state index in [1.165, 1.54) is 24.3 Å². The van der Waals surface area contributed by atoms with Crippen molar-refractivity contribution in [2.24, 2.45) is 0 Å². The van der Waals surface area contributed by atoms with Gasteiger partial charge >= 0.3 is 5.97 Å². The van der Waals surface area contributed by atoms with Crippen molar-refractivity contribution in [3.63, 3.8) is 0 Å². The van der Waals surface area contributed by atoms with Crippen LogP contribution in [0.5, 0.6) is 0 Å². The first kappa shape index (κ1) is 14.8. The topological polar surface area (TPSA) is 92.5 Å². The number of nitro benzene ring substituents is 1. The Morgan fingerprint density at radius 3 is 2.62 bits per heavy atom. The first-order valence-corrected chi connectivity index (χ1v) is 6.32. The molecule has 0 aliphatic carbocycles. The molecule has 2 aromatic rings. The van der Waals surface area contributed by atoms with E-state index in [4.69, 9.17) is 16.7 Å². The average Bonchev–Trinajstić information content (AvgIpc) is 2.42. The molecular weight excluding hydrogens is 296 g/mol. The molecule has 0 spiro atoms. The molecule has 0 unspecified atom stereocenters. The van der Waals surface area contributed by atoms with Gasteiger partial charge in [-0.15, -0.1) is 0 Å². The van der Waals surface area contributed by atoms with Crippen LogP contribution in [0.1, 0.15) is 15.9 Å². The van der Waals surface area contributed by atoms with Gasteiger partial charge in [0.2, 0.25) is 0 Å². The zero-order valence-corrected chi connectivity index (χ0v) is 11.7. The van der Waals surface area contributed by atoms with Crippen LogP contribution >= 0.6 is 11.6 Å². The number of hydrogen-bond acceptors (Lipinski definition) is 4. The molecule has 0 saturated heterocycles. The van der Waals surface area contributed by atoms with E-state index in [1.807, 2.05) is 0 Å². The van der Waals surface area contributed by atoms with E-state index in [1.54, 1.807) is 19.1 Å². The maximum atomic E-state index is 11.0. The van der Waals surface area contributed by atoms with E-state index in [0.717, 1.165) is 0 Å². The van der Waals surface area contributed by atoms with Crippen molar-refractivity contribution in [3.8, 4) is 0 Å². The van der Waals surface area contributed by atoms with Gasteiger partial charge in [-0.2, -0.15) is 0 Å². The number of carbonyl (C=O) groups is 1. The largest absolute Gasteiger partial charge is 0.478 e. The lowest BCUT2D eigenvalue weighted by Gasteiger charge is -2.11. The second-order valence-corrected chi connectivity index (χ2v) is 4.76. The number of anilines is 2. The Labute approximate surface area is 125 Å². The molecule has 2 aromatic carbocycles. The molecule has 0 fully saturated rings. The first-order valence-electron chi connectivity index (χ1n) is 5.94. The molecule has 7 heteroatoms. The summed E-state index contributed by atoms with van der Waals surface area (Å²) in [6.07, 6.45) is 0. The monoisotopic (exact) mass is 306 g/mol. The van der Waals surface area contributed by atoms with Crippen molar-refractivity contribution >= 4 is 34.6 Å². The van der Waals surface area contributed by atoms with Crippen molar-refractivity contribution in [1.82, 2.24) is 0 Å². The number of nitro groups is 1. The van der Waals surface area contributed by atoms with Gasteiger partial charge in [0.15, 0.2) is 0 Å². The molecule has 0 saturated carbocycles. The number of carboxylic acid groups (broad SMARTS) is 1. The smallest absolute Gasteiger partial charge is 0.335 e. The van der Waals surface area contributed by atoms with Crippen LogP contribution in [0, 0.1) is 17.0 Å². The third kappa shape index (κ3) is 3.11. The van der Waals surface area contributed by atoms with Crippen LogP contribution in [0.2, 0.25) is 5.02 Å². The minimum Gasteiger partial charge on any atom is -0.478 e. The van der Waals surface area contributed by atoms with Crippen LogP contribution in [-0.2, 0) is 0 Å². The molecule has 6 nitrogen and oxygen atoms in total. The lowest BCUT2D eigenvalue weighted by molar-refractivity contribution is -0.384. The minimum absolute atomic E-state index is 0.0461. The van der Waals surface area contributed by atoms with Gasteiger partial charge in [-0.1, -0.05) is 23.7 Å². The molecular formula is C14H11ClN2O4. The van der Waals surface area contributed by atoms with E-state index in [2.05, 4.69) is 5.32 Å². The molecule has 2 rings (SSSR count). The Kier molecular flexibility index (Phi) is 4.09. The number of nitrogens with one attached hydrogen (secondary N) is 1. The maximum absolute atomic E-state index is 11.0. The second kappa shape index (κ2) is 5.80. The summed E-state index contributed by atoms with van der Waals surface area (Å²) < 4.78 is 0. The molecule has 0 amide bonds. The summed E-state index contributed by atoms with van der Waals surface area (Å²) in [6, 6.07) is 8.84. The van der Waals surface area contributed by atoms with Crippen LogP contribution in [0.25, 0.3) is 0 Å². The Balaban J connectivity index is 2.44. The Morgan fingerprint density at radius 1 is 1.33 bits per heavy atom. The molecule has 108 valence electrons. The maximum Gasteiger partial charge on any atom is 0.335 e. The molecule has 0 atom stereocenters. The van der Waals surface area contributed by atoms with Crippen molar-refractivity contribution < 1.29 is 14.8 Å². The van der Waals surface area contributed by atoms with Gasteiger partial charge in [-0.05, 0) is 30.7 Å².